The summed E-state index contributed by atoms with van der Waals surface area (Å²) >= 11 is 6.02. The van der Waals surface area contributed by atoms with E-state index in [1.165, 1.54) is 12.1 Å². The number of fused-ring (bicyclic) bond motifs is 1. The Bertz CT molecular complexity index is 815. The van der Waals surface area contributed by atoms with Gasteiger partial charge in [-0.1, -0.05) is 29.8 Å². The van der Waals surface area contributed by atoms with Gasteiger partial charge in [0.25, 0.3) is 5.82 Å². The topological polar surface area (TPSA) is 55.1 Å². The van der Waals surface area contributed by atoms with E-state index in [0.717, 1.165) is 5.56 Å². The van der Waals surface area contributed by atoms with Crippen LogP contribution in [-0.2, 0) is 12.7 Å². The Kier molecular flexibility index (Phi) is 3.61. The Hall–Kier alpha value is -2.35. The summed E-state index contributed by atoms with van der Waals surface area (Å²) in [6.07, 6.45) is -4.62. The molecule has 0 saturated carbocycles. The summed E-state index contributed by atoms with van der Waals surface area (Å²) in [7, 11) is 0. The van der Waals surface area contributed by atoms with Crippen molar-refractivity contribution in [2.45, 2.75) is 12.7 Å². The van der Waals surface area contributed by atoms with Gasteiger partial charge in [0.05, 0.1) is 0 Å². The van der Waals surface area contributed by atoms with Gasteiger partial charge >= 0.3 is 6.18 Å². The largest absolute Gasteiger partial charge is 0.453 e. The first-order valence-electron chi connectivity index (χ1n) is 6.22. The number of nitrogens with one attached hydrogen (secondary N) is 1. The van der Waals surface area contributed by atoms with Gasteiger partial charge in [0, 0.05) is 11.6 Å². The van der Waals surface area contributed by atoms with E-state index >= 15 is 0 Å². The molecule has 0 fully saturated rings. The highest BCUT2D eigenvalue weighted by molar-refractivity contribution is 6.31. The number of aromatic nitrogens is 4. The molecule has 2 heterocycles. The summed E-state index contributed by atoms with van der Waals surface area (Å²) in [5.74, 6) is -0.901. The molecule has 1 N–H and O–H groups in total. The van der Waals surface area contributed by atoms with Crippen LogP contribution in [0, 0.1) is 0 Å². The first-order chi connectivity index (χ1) is 10.4. The molecule has 0 saturated heterocycles. The average Bonchev–Trinajstić information content (AvgIpc) is 2.89. The molecule has 5 nitrogen and oxygen atoms in total. The van der Waals surface area contributed by atoms with E-state index in [2.05, 4.69) is 20.6 Å². The number of nitrogens with zero attached hydrogens (tertiary/aromatic N) is 4. The Morgan fingerprint density at radius 1 is 1.09 bits per heavy atom. The van der Waals surface area contributed by atoms with Crippen molar-refractivity contribution in [2.75, 3.05) is 5.32 Å². The van der Waals surface area contributed by atoms with Gasteiger partial charge in [0.2, 0.25) is 0 Å². The van der Waals surface area contributed by atoms with Crippen LogP contribution < -0.4 is 5.32 Å². The molecule has 2 aromatic heterocycles. The molecule has 3 rings (SSSR count). The summed E-state index contributed by atoms with van der Waals surface area (Å²) in [5.41, 5.74) is 0.835. The highest BCUT2D eigenvalue weighted by Crippen LogP contribution is 2.27. The zero-order valence-electron chi connectivity index (χ0n) is 11.0. The fraction of sp³-hybridized carbons (Fsp3) is 0.154. The fourth-order valence-corrected chi connectivity index (χ4v) is 2.09. The average molecular weight is 328 g/mol. The van der Waals surface area contributed by atoms with Gasteiger partial charge in [-0.15, -0.1) is 15.3 Å². The summed E-state index contributed by atoms with van der Waals surface area (Å²) in [5, 5.41) is 13.9. The van der Waals surface area contributed by atoms with E-state index in [0.29, 0.717) is 16.1 Å². The molecule has 0 spiro atoms. The van der Waals surface area contributed by atoms with Crippen LogP contribution in [0.4, 0.5) is 19.0 Å². The van der Waals surface area contributed by atoms with Gasteiger partial charge in [0.1, 0.15) is 5.82 Å². The highest BCUT2D eigenvalue weighted by Gasteiger charge is 2.37. The van der Waals surface area contributed by atoms with Gasteiger partial charge in [-0.25, -0.2) is 0 Å². The van der Waals surface area contributed by atoms with Crippen LogP contribution in [-0.4, -0.2) is 19.8 Å². The van der Waals surface area contributed by atoms with E-state index in [-0.39, 0.29) is 11.5 Å². The molecule has 0 radical (unpaired) electrons. The Morgan fingerprint density at radius 3 is 2.59 bits per heavy atom. The second-order valence-electron chi connectivity index (χ2n) is 4.45. The SMILES string of the molecule is FC(F)(F)c1nnc2ccc(NCc3ccccc3Cl)nn12. The zero-order valence-corrected chi connectivity index (χ0v) is 11.7. The molecule has 0 aliphatic carbocycles. The second-order valence-corrected chi connectivity index (χ2v) is 4.86. The molecular formula is C13H9ClF3N5. The molecule has 0 atom stereocenters. The van der Waals surface area contributed by atoms with Crippen molar-refractivity contribution in [3.63, 3.8) is 0 Å². The third-order valence-electron chi connectivity index (χ3n) is 2.93. The highest BCUT2D eigenvalue weighted by atomic mass is 35.5. The lowest BCUT2D eigenvalue weighted by Crippen LogP contribution is -2.13. The van der Waals surface area contributed by atoms with Crippen molar-refractivity contribution in [3.8, 4) is 0 Å². The van der Waals surface area contributed by atoms with Gasteiger partial charge in [-0.05, 0) is 23.8 Å². The number of halogens is 4. The molecule has 1 aromatic carbocycles. The maximum Gasteiger partial charge on any atom is 0.453 e. The third kappa shape index (κ3) is 2.82. The van der Waals surface area contributed by atoms with Crippen molar-refractivity contribution in [3.05, 3.63) is 52.8 Å². The first kappa shape index (κ1) is 14.6. The maximum atomic E-state index is 12.8. The van der Waals surface area contributed by atoms with Crippen molar-refractivity contribution < 1.29 is 13.2 Å². The minimum Gasteiger partial charge on any atom is -0.364 e. The molecule has 9 heteroatoms. The number of hydrogen-bond acceptors (Lipinski definition) is 4. The Balaban J connectivity index is 1.87. The van der Waals surface area contributed by atoms with Gasteiger partial charge in [0.15, 0.2) is 5.65 Å². The molecule has 0 bridgehead atoms. The van der Waals surface area contributed by atoms with E-state index in [4.69, 9.17) is 11.6 Å². The van der Waals surface area contributed by atoms with Crippen molar-refractivity contribution >= 4 is 23.1 Å². The monoisotopic (exact) mass is 327 g/mol. The molecule has 114 valence electrons. The fourth-order valence-electron chi connectivity index (χ4n) is 1.89. The van der Waals surface area contributed by atoms with Crippen LogP contribution in [0.15, 0.2) is 36.4 Å². The minimum atomic E-state index is -4.62. The van der Waals surface area contributed by atoms with Crippen LogP contribution in [0.25, 0.3) is 5.65 Å². The van der Waals surface area contributed by atoms with Crippen LogP contribution in [0.1, 0.15) is 11.4 Å². The van der Waals surface area contributed by atoms with Crippen molar-refractivity contribution in [2.24, 2.45) is 0 Å². The molecular weight excluding hydrogens is 319 g/mol. The Labute approximate surface area is 127 Å². The zero-order chi connectivity index (χ0) is 15.7. The number of hydrogen-bond donors (Lipinski definition) is 1. The van der Waals surface area contributed by atoms with Crippen LogP contribution in [0.5, 0.6) is 0 Å². The van der Waals surface area contributed by atoms with E-state index in [1.807, 2.05) is 12.1 Å². The number of anilines is 1. The molecule has 0 aliphatic rings. The van der Waals surface area contributed by atoms with Crippen molar-refractivity contribution in [1.82, 2.24) is 19.8 Å². The van der Waals surface area contributed by atoms with Gasteiger partial charge in [-0.2, -0.15) is 17.7 Å². The molecule has 0 amide bonds. The lowest BCUT2D eigenvalue weighted by Gasteiger charge is -2.08. The smallest absolute Gasteiger partial charge is 0.364 e. The lowest BCUT2D eigenvalue weighted by atomic mass is 10.2. The normalized spacial score (nSPS) is 11.8. The number of alkyl halides is 3. The minimum absolute atomic E-state index is 0.0237. The summed E-state index contributed by atoms with van der Waals surface area (Å²) in [4.78, 5) is 0. The lowest BCUT2D eigenvalue weighted by molar-refractivity contribution is -0.146. The molecule has 0 unspecified atom stereocenters. The van der Waals surface area contributed by atoms with E-state index < -0.39 is 12.0 Å². The van der Waals surface area contributed by atoms with Crippen LogP contribution in [0.3, 0.4) is 0 Å². The van der Waals surface area contributed by atoms with Gasteiger partial charge < -0.3 is 5.32 Å². The first-order valence-corrected chi connectivity index (χ1v) is 6.60. The second kappa shape index (κ2) is 5.45. The van der Waals surface area contributed by atoms with E-state index in [9.17, 15) is 13.2 Å². The summed E-state index contributed by atoms with van der Waals surface area (Å²) < 4.78 is 39.0. The Morgan fingerprint density at radius 2 is 1.86 bits per heavy atom. The third-order valence-corrected chi connectivity index (χ3v) is 3.30. The quantitative estimate of drug-likeness (QED) is 0.801. The predicted molar refractivity (Wildman–Crippen MR) is 74.6 cm³/mol. The molecule has 0 aliphatic heterocycles. The summed E-state index contributed by atoms with van der Waals surface area (Å²) in [6.45, 7) is 0.335. The van der Waals surface area contributed by atoms with Gasteiger partial charge in [-0.3, -0.25) is 0 Å². The van der Waals surface area contributed by atoms with Crippen LogP contribution in [0.2, 0.25) is 5.02 Å². The number of rotatable bonds is 3. The standard InChI is InChI=1S/C13H9ClF3N5/c14-9-4-2-1-3-8(9)7-18-10-5-6-11-19-20-12(13(15,16)17)22(11)21-10/h1-6H,7H2,(H,18,21). The summed E-state index contributed by atoms with van der Waals surface area (Å²) in [6, 6.07) is 10.1. The molecule has 3 aromatic rings. The number of benzene rings is 1. The van der Waals surface area contributed by atoms with Crippen molar-refractivity contribution in [1.29, 1.82) is 0 Å². The predicted octanol–water partition coefficient (Wildman–Crippen LogP) is 3.41. The van der Waals surface area contributed by atoms with E-state index in [1.54, 1.807) is 12.1 Å². The molecule has 22 heavy (non-hydrogen) atoms. The maximum absolute atomic E-state index is 12.8. The van der Waals surface area contributed by atoms with Crippen LogP contribution >= 0.6 is 11.6 Å².